The van der Waals surface area contributed by atoms with Gasteiger partial charge in [-0.3, -0.25) is 4.79 Å². The molecular formula is C24H28N4O4S. The van der Waals surface area contributed by atoms with E-state index < -0.39 is 15.9 Å². The number of hydrogen-bond acceptors (Lipinski definition) is 6. The van der Waals surface area contributed by atoms with Crippen LogP contribution in [0.1, 0.15) is 29.9 Å². The number of aromatic nitrogens is 2. The summed E-state index contributed by atoms with van der Waals surface area (Å²) in [5, 5.41) is 4.04. The Labute approximate surface area is 194 Å². The van der Waals surface area contributed by atoms with Gasteiger partial charge in [-0.15, -0.1) is 0 Å². The standard InChI is InChI=1S/C24H28N4O4S/c1-17-10-12-20(13-11-17)33(30,31)28-14-6-8-19(15-28)24(29)27(3)16-22-25-23(26-32-22)21-9-5-4-7-18(21)2/h4-5,7,9-13,19H,6,8,14-16H2,1-3H3/t19-/m1/s1. The number of carbonyl (C=O) groups excluding carboxylic acids is 1. The summed E-state index contributed by atoms with van der Waals surface area (Å²) in [6, 6.07) is 14.5. The summed E-state index contributed by atoms with van der Waals surface area (Å²) >= 11 is 0. The second-order valence-electron chi connectivity index (χ2n) is 8.54. The monoisotopic (exact) mass is 468 g/mol. The Kier molecular flexibility index (Phi) is 6.62. The van der Waals surface area contributed by atoms with Crippen LogP contribution in [0.2, 0.25) is 0 Å². The van der Waals surface area contributed by atoms with Gasteiger partial charge in [0.1, 0.15) is 0 Å². The molecule has 4 rings (SSSR count). The molecule has 1 saturated heterocycles. The SMILES string of the molecule is Cc1ccc(S(=O)(=O)N2CCC[C@@H](C(=O)N(C)Cc3nc(-c4ccccc4C)no3)C2)cc1. The lowest BCUT2D eigenvalue weighted by Gasteiger charge is -2.33. The third-order valence-corrected chi connectivity index (χ3v) is 7.87. The summed E-state index contributed by atoms with van der Waals surface area (Å²) in [5.41, 5.74) is 2.91. The van der Waals surface area contributed by atoms with Crippen LogP contribution in [-0.2, 0) is 21.4 Å². The quantitative estimate of drug-likeness (QED) is 0.550. The molecule has 2 aromatic carbocycles. The van der Waals surface area contributed by atoms with Crippen LogP contribution in [0, 0.1) is 19.8 Å². The van der Waals surface area contributed by atoms with E-state index in [0.29, 0.717) is 31.1 Å². The lowest BCUT2D eigenvalue weighted by Crippen LogP contribution is -2.45. The highest BCUT2D eigenvalue weighted by molar-refractivity contribution is 7.89. The van der Waals surface area contributed by atoms with Crippen molar-refractivity contribution >= 4 is 15.9 Å². The molecule has 0 saturated carbocycles. The molecule has 1 aliphatic heterocycles. The van der Waals surface area contributed by atoms with Gasteiger partial charge >= 0.3 is 0 Å². The van der Waals surface area contributed by atoms with Crippen LogP contribution in [0.5, 0.6) is 0 Å². The van der Waals surface area contributed by atoms with Gasteiger partial charge in [-0.25, -0.2) is 8.42 Å². The van der Waals surface area contributed by atoms with Gasteiger partial charge < -0.3 is 9.42 Å². The predicted octanol–water partition coefficient (Wildman–Crippen LogP) is 3.41. The molecule has 0 N–H and O–H groups in total. The van der Waals surface area contributed by atoms with Gasteiger partial charge in [0.25, 0.3) is 0 Å². The van der Waals surface area contributed by atoms with Gasteiger partial charge in [-0.1, -0.05) is 47.1 Å². The second kappa shape index (κ2) is 9.44. The summed E-state index contributed by atoms with van der Waals surface area (Å²) in [6.07, 6.45) is 1.27. The van der Waals surface area contributed by atoms with Gasteiger partial charge in [0, 0.05) is 25.7 Å². The number of carbonyl (C=O) groups is 1. The van der Waals surface area contributed by atoms with E-state index in [1.807, 2.05) is 38.1 Å². The van der Waals surface area contributed by atoms with Gasteiger partial charge in [0.2, 0.25) is 27.6 Å². The molecule has 9 heteroatoms. The smallest absolute Gasteiger partial charge is 0.246 e. The molecule has 1 fully saturated rings. The second-order valence-corrected chi connectivity index (χ2v) is 10.5. The number of aryl methyl sites for hydroxylation is 2. The Bertz CT molecular complexity index is 1240. The maximum atomic E-state index is 13.1. The summed E-state index contributed by atoms with van der Waals surface area (Å²) in [6.45, 7) is 4.62. The Balaban J connectivity index is 1.42. The fourth-order valence-electron chi connectivity index (χ4n) is 4.07. The molecular weight excluding hydrogens is 440 g/mol. The zero-order chi connectivity index (χ0) is 23.6. The van der Waals surface area contributed by atoms with Crippen molar-refractivity contribution in [1.29, 1.82) is 0 Å². The van der Waals surface area contributed by atoms with Crippen LogP contribution in [0.4, 0.5) is 0 Å². The van der Waals surface area contributed by atoms with Crippen molar-refractivity contribution in [3.8, 4) is 11.4 Å². The zero-order valence-corrected chi connectivity index (χ0v) is 19.9. The first kappa shape index (κ1) is 23.1. The number of rotatable bonds is 6. The van der Waals surface area contributed by atoms with Crippen LogP contribution in [0.3, 0.4) is 0 Å². The minimum atomic E-state index is -3.64. The summed E-state index contributed by atoms with van der Waals surface area (Å²) in [7, 11) is -1.97. The van der Waals surface area contributed by atoms with E-state index in [4.69, 9.17) is 4.52 Å². The molecule has 2 heterocycles. The molecule has 1 aromatic heterocycles. The number of amides is 1. The van der Waals surface area contributed by atoms with Crippen molar-refractivity contribution in [2.45, 2.75) is 38.1 Å². The maximum absolute atomic E-state index is 13.1. The molecule has 33 heavy (non-hydrogen) atoms. The first-order chi connectivity index (χ1) is 15.8. The number of benzene rings is 2. The molecule has 0 radical (unpaired) electrons. The van der Waals surface area contributed by atoms with Crippen molar-refractivity contribution in [2.75, 3.05) is 20.1 Å². The average Bonchev–Trinajstić information content (AvgIpc) is 3.27. The summed E-state index contributed by atoms with van der Waals surface area (Å²) in [4.78, 5) is 19.3. The highest BCUT2D eigenvalue weighted by atomic mass is 32.2. The average molecular weight is 469 g/mol. The highest BCUT2D eigenvalue weighted by Gasteiger charge is 2.34. The van der Waals surface area contributed by atoms with Crippen molar-refractivity contribution in [2.24, 2.45) is 5.92 Å². The lowest BCUT2D eigenvalue weighted by atomic mass is 9.98. The molecule has 1 atom stereocenters. The maximum Gasteiger partial charge on any atom is 0.246 e. The topological polar surface area (TPSA) is 96.6 Å². The molecule has 0 unspecified atom stereocenters. The summed E-state index contributed by atoms with van der Waals surface area (Å²) in [5.74, 6) is 0.276. The highest BCUT2D eigenvalue weighted by Crippen LogP contribution is 2.26. The van der Waals surface area contributed by atoms with Crippen molar-refractivity contribution < 1.29 is 17.7 Å². The minimum absolute atomic E-state index is 0.130. The van der Waals surface area contributed by atoms with Crippen LogP contribution >= 0.6 is 0 Å². The molecule has 1 aliphatic rings. The predicted molar refractivity (Wildman–Crippen MR) is 124 cm³/mol. The van der Waals surface area contributed by atoms with Gasteiger partial charge in [-0.05, 0) is 44.4 Å². The lowest BCUT2D eigenvalue weighted by molar-refractivity contribution is -0.136. The fourth-order valence-corrected chi connectivity index (χ4v) is 5.59. The fraction of sp³-hybridized carbons (Fsp3) is 0.375. The number of sulfonamides is 1. The van der Waals surface area contributed by atoms with E-state index in [1.54, 1.807) is 31.3 Å². The zero-order valence-electron chi connectivity index (χ0n) is 19.1. The first-order valence-corrected chi connectivity index (χ1v) is 12.4. The molecule has 1 amide bonds. The molecule has 0 spiro atoms. The molecule has 8 nitrogen and oxygen atoms in total. The van der Waals surface area contributed by atoms with Crippen molar-refractivity contribution in [1.82, 2.24) is 19.3 Å². The first-order valence-electron chi connectivity index (χ1n) is 11.0. The molecule has 0 aliphatic carbocycles. The molecule has 0 bridgehead atoms. The van der Waals surface area contributed by atoms with Crippen LogP contribution in [-0.4, -0.2) is 53.8 Å². The van der Waals surface area contributed by atoms with E-state index in [9.17, 15) is 13.2 Å². The molecule has 3 aromatic rings. The number of nitrogens with zero attached hydrogens (tertiary/aromatic N) is 4. The Morgan fingerprint density at radius 2 is 1.88 bits per heavy atom. The van der Waals surface area contributed by atoms with Gasteiger partial charge in [-0.2, -0.15) is 9.29 Å². The van der Waals surface area contributed by atoms with E-state index in [1.165, 1.54) is 9.21 Å². The normalized spacial score (nSPS) is 17.1. The number of piperidine rings is 1. The van der Waals surface area contributed by atoms with E-state index in [2.05, 4.69) is 10.1 Å². The van der Waals surface area contributed by atoms with Crippen molar-refractivity contribution in [3.63, 3.8) is 0 Å². The van der Waals surface area contributed by atoms with Crippen LogP contribution in [0.25, 0.3) is 11.4 Å². The van der Waals surface area contributed by atoms with Crippen LogP contribution < -0.4 is 0 Å². The third-order valence-electron chi connectivity index (χ3n) is 5.99. The van der Waals surface area contributed by atoms with E-state index >= 15 is 0 Å². The van der Waals surface area contributed by atoms with Crippen molar-refractivity contribution in [3.05, 3.63) is 65.5 Å². The van der Waals surface area contributed by atoms with Crippen LogP contribution in [0.15, 0.2) is 57.9 Å². The Morgan fingerprint density at radius 1 is 1.15 bits per heavy atom. The number of hydrogen-bond donors (Lipinski definition) is 0. The van der Waals surface area contributed by atoms with E-state index in [0.717, 1.165) is 16.7 Å². The summed E-state index contributed by atoms with van der Waals surface area (Å²) < 4.78 is 32.9. The Hall–Kier alpha value is -3.04. The largest absolute Gasteiger partial charge is 0.337 e. The molecule has 174 valence electrons. The minimum Gasteiger partial charge on any atom is -0.337 e. The Morgan fingerprint density at radius 3 is 2.61 bits per heavy atom. The van der Waals surface area contributed by atoms with E-state index in [-0.39, 0.29) is 23.9 Å². The van der Waals surface area contributed by atoms with Gasteiger partial charge in [0.05, 0.1) is 17.4 Å². The third kappa shape index (κ3) is 4.99. The van der Waals surface area contributed by atoms with Gasteiger partial charge in [0.15, 0.2) is 0 Å².